The van der Waals surface area contributed by atoms with Gasteiger partial charge in [-0.05, 0) is 25.3 Å². The Morgan fingerprint density at radius 2 is 1.83 bits per heavy atom. The lowest BCUT2D eigenvalue weighted by Crippen LogP contribution is -2.44. The van der Waals surface area contributed by atoms with Gasteiger partial charge in [-0.1, -0.05) is 6.42 Å². The third-order valence-corrected chi connectivity index (χ3v) is 4.58. The second kappa shape index (κ2) is 12.7. The normalized spacial score (nSPS) is 23.7. The van der Waals surface area contributed by atoms with Gasteiger partial charge >= 0.3 is 0 Å². The minimum atomic E-state index is -0.135. The summed E-state index contributed by atoms with van der Waals surface area (Å²) in [7, 11) is 0. The molecule has 7 nitrogen and oxygen atoms in total. The van der Waals surface area contributed by atoms with Crippen molar-refractivity contribution >= 4 is 36.6 Å². The minimum absolute atomic E-state index is 0. The number of carbonyl (C=O) groups is 2. The van der Waals surface area contributed by atoms with E-state index in [1.54, 1.807) is 0 Å². The van der Waals surface area contributed by atoms with Crippen molar-refractivity contribution in [2.45, 2.75) is 19.3 Å². The Hall–Kier alpha value is -0.600. The molecule has 0 aromatic rings. The van der Waals surface area contributed by atoms with E-state index in [-0.39, 0.29) is 55.0 Å². The van der Waals surface area contributed by atoms with Crippen molar-refractivity contribution in [3.05, 3.63) is 0 Å². The van der Waals surface area contributed by atoms with E-state index in [4.69, 9.17) is 10.5 Å². The van der Waals surface area contributed by atoms with E-state index < -0.39 is 0 Å². The molecule has 2 aliphatic rings. The molecule has 9 heteroatoms. The topological polar surface area (TPSA) is 96.7 Å². The van der Waals surface area contributed by atoms with Crippen LogP contribution in [0.5, 0.6) is 0 Å². The maximum atomic E-state index is 12.1. The molecular formula is C15H30Cl2N4O3. The van der Waals surface area contributed by atoms with Crippen LogP contribution in [0.2, 0.25) is 0 Å². The fraction of sp³-hybridized carbons (Fsp3) is 0.867. The molecule has 0 radical (unpaired) electrons. The number of rotatable bonds is 7. The number of nitrogens with two attached hydrogens (primary N) is 1. The van der Waals surface area contributed by atoms with Crippen LogP contribution in [-0.4, -0.2) is 69.2 Å². The molecule has 2 fully saturated rings. The third kappa shape index (κ3) is 7.53. The van der Waals surface area contributed by atoms with Crippen LogP contribution in [0.25, 0.3) is 0 Å². The van der Waals surface area contributed by atoms with Gasteiger partial charge in [0, 0.05) is 32.1 Å². The number of hydrogen-bond donors (Lipinski definition) is 3. The Morgan fingerprint density at radius 3 is 2.50 bits per heavy atom. The molecule has 4 N–H and O–H groups in total. The molecule has 0 bridgehead atoms. The first-order valence-electron chi connectivity index (χ1n) is 8.25. The van der Waals surface area contributed by atoms with Gasteiger partial charge < -0.3 is 21.1 Å². The van der Waals surface area contributed by atoms with Crippen molar-refractivity contribution in [3.8, 4) is 0 Å². The van der Waals surface area contributed by atoms with E-state index in [1.165, 1.54) is 0 Å². The smallest absolute Gasteiger partial charge is 0.239 e. The molecule has 24 heavy (non-hydrogen) atoms. The van der Waals surface area contributed by atoms with Crippen LogP contribution in [0.15, 0.2) is 0 Å². The summed E-state index contributed by atoms with van der Waals surface area (Å²) < 4.78 is 5.27. The Kier molecular flexibility index (Phi) is 12.4. The lowest BCUT2D eigenvalue weighted by molar-refractivity contribution is -0.129. The number of hydrogen-bond acceptors (Lipinski definition) is 5. The van der Waals surface area contributed by atoms with Gasteiger partial charge in [0.25, 0.3) is 0 Å². The summed E-state index contributed by atoms with van der Waals surface area (Å²) in [6.45, 7) is 5.36. The summed E-state index contributed by atoms with van der Waals surface area (Å²) in [4.78, 5) is 26.1. The standard InChI is InChI=1S/C15H28N4O3.2ClH/c16-10-12-2-1-3-13(12)15(21)18-11-14(20)17-4-5-19-6-8-22-9-7-19;;/h12-13H,1-11,16H2,(H,17,20)(H,18,21);2*1H/t12-,13-;;/m1../s1. The summed E-state index contributed by atoms with van der Waals surface area (Å²) in [5.74, 6) is 0.0794. The molecule has 1 aliphatic heterocycles. The molecular weight excluding hydrogens is 355 g/mol. The lowest BCUT2D eigenvalue weighted by Gasteiger charge is -2.26. The highest BCUT2D eigenvalue weighted by atomic mass is 35.5. The van der Waals surface area contributed by atoms with Gasteiger partial charge in [0.15, 0.2) is 0 Å². The highest BCUT2D eigenvalue weighted by molar-refractivity contribution is 5.86. The summed E-state index contributed by atoms with van der Waals surface area (Å²) in [5.41, 5.74) is 5.68. The first kappa shape index (κ1) is 23.4. The van der Waals surface area contributed by atoms with Gasteiger partial charge in [-0.15, -0.1) is 24.8 Å². The SMILES string of the molecule is Cl.Cl.NC[C@H]1CCC[C@H]1C(=O)NCC(=O)NCCN1CCOCC1. The third-order valence-electron chi connectivity index (χ3n) is 4.58. The fourth-order valence-electron chi connectivity index (χ4n) is 3.20. The summed E-state index contributed by atoms with van der Waals surface area (Å²) in [6, 6.07) is 0. The summed E-state index contributed by atoms with van der Waals surface area (Å²) in [5, 5.41) is 5.58. The van der Waals surface area contributed by atoms with E-state index in [0.717, 1.165) is 52.1 Å². The highest BCUT2D eigenvalue weighted by Gasteiger charge is 2.31. The van der Waals surface area contributed by atoms with Crippen molar-refractivity contribution < 1.29 is 14.3 Å². The van der Waals surface area contributed by atoms with Crippen molar-refractivity contribution in [3.63, 3.8) is 0 Å². The first-order valence-corrected chi connectivity index (χ1v) is 8.25. The van der Waals surface area contributed by atoms with Gasteiger partial charge in [0.2, 0.25) is 11.8 Å². The molecule has 2 atom stereocenters. The average Bonchev–Trinajstić information content (AvgIpc) is 3.02. The number of halogens is 2. The van der Waals surface area contributed by atoms with Crippen LogP contribution in [0, 0.1) is 11.8 Å². The van der Waals surface area contributed by atoms with E-state index in [1.807, 2.05) is 0 Å². The Labute approximate surface area is 156 Å². The summed E-state index contributed by atoms with van der Waals surface area (Å²) in [6.07, 6.45) is 2.94. The minimum Gasteiger partial charge on any atom is -0.379 e. The quantitative estimate of drug-likeness (QED) is 0.563. The zero-order valence-electron chi connectivity index (χ0n) is 14.0. The molecule has 1 aliphatic carbocycles. The fourth-order valence-corrected chi connectivity index (χ4v) is 3.20. The van der Waals surface area contributed by atoms with Crippen molar-refractivity contribution in [2.24, 2.45) is 17.6 Å². The number of nitrogens with zero attached hydrogens (tertiary/aromatic N) is 1. The van der Waals surface area contributed by atoms with Crippen molar-refractivity contribution in [1.82, 2.24) is 15.5 Å². The molecule has 0 unspecified atom stereocenters. The van der Waals surface area contributed by atoms with Gasteiger partial charge in [-0.3, -0.25) is 14.5 Å². The molecule has 0 spiro atoms. The number of ether oxygens (including phenoxy) is 1. The van der Waals surface area contributed by atoms with Crippen molar-refractivity contribution in [1.29, 1.82) is 0 Å². The van der Waals surface area contributed by atoms with Crippen molar-refractivity contribution in [2.75, 3.05) is 52.5 Å². The summed E-state index contributed by atoms with van der Waals surface area (Å²) >= 11 is 0. The molecule has 1 saturated heterocycles. The number of nitrogens with one attached hydrogen (secondary N) is 2. The van der Waals surface area contributed by atoms with Gasteiger partial charge in [0.05, 0.1) is 19.8 Å². The Morgan fingerprint density at radius 1 is 1.12 bits per heavy atom. The van der Waals surface area contributed by atoms with E-state index in [0.29, 0.717) is 13.1 Å². The van der Waals surface area contributed by atoms with E-state index in [9.17, 15) is 9.59 Å². The molecule has 2 amide bonds. The predicted octanol–water partition coefficient (Wildman–Crippen LogP) is -0.230. The number of carbonyl (C=O) groups excluding carboxylic acids is 2. The monoisotopic (exact) mass is 384 g/mol. The Bertz CT molecular complexity index is 382. The molecule has 0 aromatic carbocycles. The highest BCUT2D eigenvalue weighted by Crippen LogP contribution is 2.30. The van der Waals surface area contributed by atoms with Crippen LogP contribution < -0.4 is 16.4 Å². The van der Waals surface area contributed by atoms with Crippen LogP contribution in [0.1, 0.15) is 19.3 Å². The zero-order chi connectivity index (χ0) is 15.8. The van der Waals surface area contributed by atoms with Gasteiger partial charge in [-0.25, -0.2) is 0 Å². The van der Waals surface area contributed by atoms with Crippen LogP contribution in [0.3, 0.4) is 0 Å². The van der Waals surface area contributed by atoms with Crippen LogP contribution in [-0.2, 0) is 14.3 Å². The van der Waals surface area contributed by atoms with E-state index in [2.05, 4.69) is 15.5 Å². The predicted molar refractivity (Wildman–Crippen MR) is 97.7 cm³/mol. The largest absolute Gasteiger partial charge is 0.379 e. The Balaban J connectivity index is 0.00000264. The van der Waals surface area contributed by atoms with Gasteiger partial charge in [0.1, 0.15) is 0 Å². The van der Waals surface area contributed by atoms with E-state index >= 15 is 0 Å². The second-order valence-electron chi connectivity index (χ2n) is 6.05. The lowest BCUT2D eigenvalue weighted by atomic mass is 9.95. The van der Waals surface area contributed by atoms with Gasteiger partial charge in [-0.2, -0.15) is 0 Å². The zero-order valence-corrected chi connectivity index (χ0v) is 15.6. The number of amides is 2. The maximum Gasteiger partial charge on any atom is 0.239 e. The first-order chi connectivity index (χ1) is 10.7. The molecule has 0 aromatic heterocycles. The maximum absolute atomic E-state index is 12.1. The second-order valence-corrected chi connectivity index (χ2v) is 6.05. The molecule has 1 saturated carbocycles. The van der Waals surface area contributed by atoms with Crippen LogP contribution >= 0.6 is 24.8 Å². The average molecular weight is 385 g/mol. The molecule has 142 valence electrons. The molecule has 1 heterocycles. The number of morpholine rings is 1. The van der Waals surface area contributed by atoms with Crippen LogP contribution in [0.4, 0.5) is 0 Å². The molecule has 2 rings (SSSR count).